The van der Waals surface area contributed by atoms with Gasteiger partial charge in [-0.15, -0.1) is 6.58 Å². The summed E-state index contributed by atoms with van der Waals surface area (Å²) < 4.78 is 44.6. The molecular formula is C35H46ClN5O9S. The number of likely N-dealkylation sites (tertiary alicyclic amines) is 1. The molecule has 0 radical (unpaired) electrons. The Bertz CT molecular complexity index is 1850. The van der Waals surface area contributed by atoms with Crippen molar-refractivity contribution in [1.82, 2.24) is 25.2 Å². The second-order valence-electron chi connectivity index (χ2n) is 15.4. The van der Waals surface area contributed by atoms with E-state index in [0.717, 1.165) is 0 Å². The monoisotopic (exact) mass is 747 g/mol. The molecular weight excluding hydrogens is 702 g/mol. The molecule has 1 aromatic heterocycles. The summed E-state index contributed by atoms with van der Waals surface area (Å²) in [5, 5.41) is 6.31. The molecule has 1 unspecified atom stereocenters. The van der Waals surface area contributed by atoms with Crippen LogP contribution < -0.4 is 24.8 Å². The zero-order valence-electron chi connectivity index (χ0n) is 29.9. The highest BCUT2D eigenvalue weighted by atomic mass is 35.5. The lowest BCUT2D eigenvalue weighted by molar-refractivity contribution is -0.143. The molecule has 3 N–H and O–H groups in total. The molecule has 2 saturated carbocycles. The molecule has 1 aromatic carbocycles. The smallest absolute Gasteiger partial charge is 0.408 e. The Balaban J connectivity index is 1.44. The minimum absolute atomic E-state index is 0.0137. The molecule has 14 nitrogen and oxygen atoms in total. The molecule has 51 heavy (non-hydrogen) atoms. The minimum atomic E-state index is -3.90. The van der Waals surface area contributed by atoms with E-state index in [9.17, 15) is 27.6 Å². The molecule has 4 amide bonds. The fourth-order valence-electron chi connectivity index (χ4n) is 6.23. The van der Waals surface area contributed by atoms with Gasteiger partial charge in [-0.05, 0) is 63.6 Å². The molecule has 2 heterocycles. The lowest BCUT2D eigenvalue weighted by atomic mass is 9.85. The van der Waals surface area contributed by atoms with Crippen molar-refractivity contribution >= 4 is 56.2 Å². The zero-order chi connectivity index (χ0) is 37.7. The first-order valence-electron chi connectivity index (χ1n) is 16.8. The number of benzene rings is 1. The van der Waals surface area contributed by atoms with Crippen LogP contribution in [0.1, 0.15) is 67.2 Å². The first kappa shape index (κ1) is 38.1. The van der Waals surface area contributed by atoms with Gasteiger partial charge in [0.05, 0.1) is 25.1 Å². The standard InChI is InChI=1S/C35H46ClN5O9S/c1-9-19-16-35(19,31(44)40-51(46,47)22-11-12-22)39-29(42)25-15-21(49-20-10-13-23-24(14-20)28(36)37-17-26(23)48-8)18-41(25)30(43)27(33(2,3)4)38-32(45)50-34(5,6)7/h9-10,13-14,17,19,21-22,25,27H,1,11-12,15-16,18H2,2-8H3,(H,38,45)(H,39,42)(H,40,44)/t19-,21?,25+,27-,35-/m1/s1. The zero-order valence-corrected chi connectivity index (χ0v) is 31.4. The second-order valence-corrected chi connectivity index (χ2v) is 17.8. The summed E-state index contributed by atoms with van der Waals surface area (Å²) in [5.41, 5.74) is -3.22. The van der Waals surface area contributed by atoms with E-state index in [0.29, 0.717) is 35.1 Å². The predicted molar refractivity (Wildman–Crippen MR) is 190 cm³/mol. The van der Waals surface area contributed by atoms with Gasteiger partial charge in [0, 0.05) is 23.1 Å². The third-order valence-electron chi connectivity index (χ3n) is 9.17. The summed E-state index contributed by atoms with van der Waals surface area (Å²) in [6, 6.07) is 2.88. The average Bonchev–Trinajstić information content (AvgIpc) is 3.95. The van der Waals surface area contributed by atoms with Crippen LogP contribution in [0.5, 0.6) is 11.5 Å². The highest BCUT2D eigenvalue weighted by molar-refractivity contribution is 7.91. The van der Waals surface area contributed by atoms with Crippen LogP contribution >= 0.6 is 11.6 Å². The maximum Gasteiger partial charge on any atom is 0.408 e. The van der Waals surface area contributed by atoms with Gasteiger partial charge >= 0.3 is 6.09 Å². The topological polar surface area (TPSA) is 182 Å². The van der Waals surface area contributed by atoms with Gasteiger partial charge in [0.15, 0.2) is 0 Å². The van der Waals surface area contributed by atoms with Crippen molar-refractivity contribution in [2.45, 2.75) is 102 Å². The first-order chi connectivity index (χ1) is 23.7. The minimum Gasteiger partial charge on any atom is -0.494 e. The number of carbonyl (C=O) groups excluding carboxylic acids is 4. The van der Waals surface area contributed by atoms with Crippen molar-refractivity contribution in [2.24, 2.45) is 11.3 Å². The van der Waals surface area contributed by atoms with Crippen LogP contribution in [0.15, 0.2) is 37.1 Å². The molecule has 2 aromatic rings. The van der Waals surface area contributed by atoms with Crippen molar-refractivity contribution in [3.8, 4) is 11.5 Å². The number of ether oxygens (including phenoxy) is 3. The summed E-state index contributed by atoms with van der Waals surface area (Å²) >= 11 is 6.39. The molecule has 5 rings (SSSR count). The van der Waals surface area contributed by atoms with Crippen LogP contribution in [0.25, 0.3) is 10.8 Å². The SMILES string of the molecule is C=C[C@@H]1C[C@]1(NC(=O)[C@@H]1CC(Oc2ccc3c(OC)cnc(Cl)c3c2)CN1C(=O)[C@@H](NC(=O)OC(C)(C)C)C(C)(C)C)C(=O)NS(=O)(=O)C1CC1. The highest BCUT2D eigenvalue weighted by Gasteiger charge is 2.62. The van der Waals surface area contributed by atoms with Crippen LogP contribution in [-0.2, 0) is 29.1 Å². The molecule has 5 atom stereocenters. The number of carbonyl (C=O) groups is 4. The number of aromatic nitrogens is 1. The van der Waals surface area contributed by atoms with Crippen molar-refractivity contribution in [3.05, 3.63) is 42.2 Å². The molecule has 0 spiro atoms. The lowest BCUT2D eigenvalue weighted by Gasteiger charge is -2.36. The maximum atomic E-state index is 14.4. The number of rotatable bonds is 11. The van der Waals surface area contributed by atoms with Crippen molar-refractivity contribution in [2.75, 3.05) is 13.7 Å². The third-order valence-corrected chi connectivity index (χ3v) is 11.3. The predicted octanol–water partition coefficient (Wildman–Crippen LogP) is 3.85. The Kier molecular flexibility index (Phi) is 10.3. The number of methoxy groups -OCH3 is 1. The summed E-state index contributed by atoms with van der Waals surface area (Å²) in [6.45, 7) is 14.1. The van der Waals surface area contributed by atoms with Crippen molar-refractivity contribution < 1.29 is 41.8 Å². The first-order valence-corrected chi connectivity index (χ1v) is 18.7. The maximum absolute atomic E-state index is 14.4. The Labute approximate surface area is 303 Å². The molecule has 16 heteroatoms. The largest absolute Gasteiger partial charge is 0.494 e. The van der Waals surface area contributed by atoms with Gasteiger partial charge in [-0.2, -0.15) is 0 Å². The fraction of sp³-hybridized carbons (Fsp3) is 0.571. The summed E-state index contributed by atoms with van der Waals surface area (Å²) in [7, 11) is -2.38. The van der Waals surface area contributed by atoms with E-state index in [4.69, 9.17) is 25.8 Å². The van der Waals surface area contributed by atoms with Crippen LogP contribution in [-0.4, -0.2) is 90.3 Å². The number of sulfonamides is 1. The number of alkyl carbamates (subject to hydrolysis) is 1. The molecule has 1 saturated heterocycles. The number of hydrogen-bond donors (Lipinski definition) is 3. The fourth-order valence-corrected chi connectivity index (χ4v) is 7.79. The number of fused-ring (bicyclic) bond motifs is 1. The molecule has 2 aliphatic carbocycles. The van der Waals surface area contributed by atoms with Gasteiger partial charge in [0.2, 0.25) is 21.8 Å². The van der Waals surface area contributed by atoms with Gasteiger partial charge in [-0.3, -0.25) is 19.1 Å². The van der Waals surface area contributed by atoms with Gasteiger partial charge in [0.1, 0.15) is 46.0 Å². The van der Waals surface area contributed by atoms with Crippen molar-refractivity contribution in [3.63, 3.8) is 0 Å². The second kappa shape index (κ2) is 13.8. The Morgan fingerprint density at radius 2 is 1.80 bits per heavy atom. The molecule has 1 aliphatic heterocycles. The third kappa shape index (κ3) is 8.35. The average molecular weight is 748 g/mol. The van der Waals surface area contributed by atoms with Gasteiger partial charge in [0.25, 0.3) is 5.91 Å². The molecule has 0 bridgehead atoms. The Morgan fingerprint density at radius 3 is 2.37 bits per heavy atom. The van der Waals surface area contributed by atoms with E-state index in [1.165, 1.54) is 24.3 Å². The molecule has 278 valence electrons. The number of halogens is 1. The van der Waals surface area contributed by atoms with E-state index in [1.54, 1.807) is 59.7 Å². The van der Waals surface area contributed by atoms with E-state index >= 15 is 0 Å². The number of amides is 4. The Morgan fingerprint density at radius 1 is 1.12 bits per heavy atom. The normalized spacial score (nSPS) is 23.9. The van der Waals surface area contributed by atoms with Crippen LogP contribution in [0, 0.1) is 11.3 Å². The summed E-state index contributed by atoms with van der Waals surface area (Å²) in [5.74, 6) is -1.72. The number of pyridine rings is 1. The lowest BCUT2D eigenvalue weighted by Crippen LogP contribution is -2.60. The number of nitrogens with zero attached hydrogens (tertiary/aromatic N) is 2. The van der Waals surface area contributed by atoms with Crippen LogP contribution in [0.3, 0.4) is 0 Å². The molecule has 3 aliphatic rings. The van der Waals surface area contributed by atoms with Crippen molar-refractivity contribution in [1.29, 1.82) is 0 Å². The quantitative estimate of drug-likeness (QED) is 0.226. The van der Waals surface area contributed by atoms with Crippen LogP contribution in [0.2, 0.25) is 5.15 Å². The van der Waals surface area contributed by atoms with E-state index < -0.39 is 79.7 Å². The number of nitrogens with one attached hydrogen (secondary N) is 3. The van der Waals surface area contributed by atoms with E-state index in [-0.39, 0.29) is 24.5 Å². The van der Waals surface area contributed by atoms with Crippen LogP contribution in [0.4, 0.5) is 4.79 Å². The van der Waals surface area contributed by atoms with Gasteiger partial charge in [-0.1, -0.05) is 38.4 Å². The Hall–Kier alpha value is -4.11. The van der Waals surface area contributed by atoms with E-state index in [2.05, 4.69) is 26.9 Å². The summed E-state index contributed by atoms with van der Waals surface area (Å²) in [6.07, 6.45) is 2.53. The highest BCUT2D eigenvalue weighted by Crippen LogP contribution is 2.45. The molecule has 3 fully saturated rings. The van der Waals surface area contributed by atoms with E-state index in [1.807, 2.05) is 0 Å². The summed E-state index contributed by atoms with van der Waals surface area (Å²) in [4.78, 5) is 60.4. The van der Waals surface area contributed by atoms with Gasteiger partial charge in [-0.25, -0.2) is 18.2 Å². The number of hydrogen-bond acceptors (Lipinski definition) is 10. The van der Waals surface area contributed by atoms with Gasteiger partial charge < -0.3 is 29.7 Å².